The summed E-state index contributed by atoms with van der Waals surface area (Å²) >= 11 is 1.72. The fraction of sp³-hybridized carbons (Fsp3) is 0. The van der Waals surface area contributed by atoms with Crippen LogP contribution in [0.2, 0.25) is 0 Å². The van der Waals surface area contributed by atoms with Crippen LogP contribution in [-0.2, 0) is 0 Å². The topological polar surface area (TPSA) is 25.8 Å². The highest BCUT2D eigenvalue weighted by molar-refractivity contribution is 7.19. The molecular formula is C20H14N2S. The molecule has 0 N–H and O–H groups in total. The van der Waals surface area contributed by atoms with Crippen molar-refractivity contribution in [3.05, 3.63) is 85.2 Å². The van der Waals surface area contributed by atoms with Gasteiger partial charge in [-0.15, -0.1) is 11.3 Å². The summed E-state index contributed by atoms with van der Waals surface area (Å²) < 4.78 is 0. The quantitative estimate of drug-likeness (QED) is 0.496. The summed E-state index contributed by atoms with van der Waals surface area (Å²) in [6.45, 7) is 0. The lowest BCUT2D eigenvalue weighted by atomic mass is 10.1. The van der Waals surface area contributed by atoms with E-state index in [1.807, 2.05) is 24.3 Å². The standard InChI is InChI=1S/C20H14N2S/c1-3-7-15(8-4-1)18-19(16-9-5-2-6-10-16)23-20(22-18)17-11-13-21-14-12-17/h1-14H. The Kier molecular flexibility index (Phi) is 3.70. The van der Waals surface area contributed by atoms with Gasteiger partial charge in [0.05, 0.1) is 10.6 Å². The van der Waals surface area contributed by atoms with Gasteiger partial charge in [0.25, 0.3) is 0 Å². The van der Waals surface area contributed by atoms with E-state index in [9.17, 15) is 0 Å². The molecule has 3 heteroatoms. The molecule has 0 fully saturated rings. The van der Waals surface area contributed by atoms with Gasteiger partial charge in [0, 0.05) is 23.5 Å². The number of rotatable bonds is 3. The molecular weight excluding hydrogens is 300 g/mol. The lowest BCUT2D eigenvalue weighted by molar-refractivity contribution is 1.32. The molecule has 2 aromatic carbocycles. The van der Waals surface area contributed by atoms with Crippen LogP contribution in [0.1, 0.15) is 0 Å². The Morgan fingerprint density at radius 1 is 0.609 bits per heavy atom. The number of nitrogens with zero attached hydrogens (tertiary/aromatic N) is 2. The molecule has 0 saturated carbocycles. The molecule has 0 aliphatic carbocycles. The van der Waals surface area contributed by atoms with Crippen LogP contribution < -0.4 is 0 Å². The second-order valence-electron chi connectivity index (χ2n) is 5.16. The second-order valence-corrected chi connectivity index (χ2v) is 6.16. The minimum absolute atomic E-state index is 1.02. The third-order valence-electron chi connectivity index (χ3n) is 3.64. The molecule has 0 spiro atoms. The van der Waals surface area contributed by atoms with E-state index >= 15 is 0 Å². The molecule has 2 nitrogen and oxygen atoms in total. The summed E-state index contributed by atoms with van der Waals surface area (Å²) in [5.41, 5.74) is 4.48. The molecule has 0 unspecified atom stereocenters. The number of benzene rings is 2. The van der Waals surface area contributed by atoms with Gasteiger partial charge in [-0.1, -0.05) is 60.7 Å². The molecule has 0 atom stereocenters. The fourth-order valence-corrected chi connectivity index (χ4v) is 3.61. The van der Waals surface area contributed by atoms with Gasteiger partial charge in [-0.25, -0.2) is 4.98 Å². The maximum absolute atomic E-state index is 4.92. The zero-order valence-electron chi connectivity index (χ0n) is 12.4. The Hall–Kier alpha value is -2.78. The van der Waals surface area contributed by atoms with Crippen molar-refractivity contribution in [1.82, 2.24) is 9.97 Å². The van der Waals surface area contributed by atoms with Crippen molar-refractivity contribution in [2.24, 2.45) is 0 Å². The second kappa shape index (κ2) is 6.15. The molecule has 110 valence electrons. The van der Waals surface area contributed by atoms with Crippen LogP contribution in [0, 0.1) is 0 Å². The fourth-order valence-electron chi connectivity index (χ4n) is 2.51. The summed E-state index contributed by atoms with van der Waals surface area (Å²) in [6.07, 6.45) is 3.61. The van der Waals surface area contributed by atoms with Crippen molar-refractivity contribution in [2.45, 2.75) is 0 Å². The highest BCUT2D eigenvalue weighted by Crippen LogP contribution is 2.40. The van der Waals surface area contributed by atoms with Crippen molar-refractivity contribution >= 4 is 11.3 Å². The average molecular weight is 314 g/mol. The minimum Gasteiger partial charge on any atom is -0.265 e. The summed E-state index contributed by atoms with van der Waals surface area (Å²) in [4.78, 5) is 10.2. The van der Waals surface area contributed by atoms with E-state index in [0.29, 0.717) is 0 Å². The molecule has 0 amide bonds. The molecule has 2 aromatic heterocycles. The molecule has 2 heterocycles. The van der Waals surface area contributed by atoms with Crippen molar-refractivity contribution < 1.29 is 0 Å². The Morgan fingerprint density at radius 2 is 1.22 bits per heavy atom. The molecule has 0 aliphatic heterocycles. The predicted octanol–water partition coefficient (Wildman–Crippen LogP) is 5.54. The van der Waals surface area contributed by atoms with Crippen molar-refractivity contribution in [3.63, 3.8) is 0 Å². The lowest BCUT2D eigenvalue weighted by Crippen LogP contribution is -1.82. The molecule has 4 rings (SSSR count). The predicted molar refractivity (Wildman–Crippen MR) is 96.2 cm³/mol. The maximum Gasteiger partial charge on any atom is 0.124 e. The van der Waals surface area contributed by atoms with Crippen molar-refractivity contribution in [1.29, 1.82) is 0 Å². The first-order valence-electron chi connectivity index (χ1n) is 7.44. The van der Waals surface area contributed by atoms with Crippen molar-refractivity contribution in [2.75, 3.05) is 0 Å². The SMILES string of the molecule is c1ccc(-c2nc(-c3ccncc3)sc2-c2ccccc2)cc1. The summed E-state index contributed by atoms with van der Waals surface area (Å²) in [5.74, 6) is 0. The van der Waals surface area contributed by atoms with Gasteiger partial charge in [0.2, 0.25) is 0 Å². The van der Waals surface area contributed by atoms with Gasteiger partial charge in [-0.2, -0.15) is 0 Å². The highest BCUT2D eigenvalue weighted by Gasteiger charge is 2.15. The van der Waals surface area contributed by atoms with E-state index in [1.165, 1.54) is 10.4 Å². The Balaban J connectivity index is 1.91. The monoisotopic (exact) mass is 314 g/mol. The molecule has 23 heavy (non-hydrogen) atoms. The van der Waals surface area contributed by atoms with Crippen LogP contribution in [-0.4, -0.2) is 9.97 Å². The smallest absolute Gasteiger partial charge is 0.124 e. The Labute approximate surface area is 139 Å². The van der Waals surface area contributed by atoms with Crippen LogP contribution in [0.5, 0.6) is 0 Å². The van der Waals surface area contributed by atoms with E-state index < -0.39 is 0 Å². The number of aromatic nitrogens is 2. The first-order valence-corrected chi connectivity index (χ1v) is 8.25. The zero-order chi connectivity index (χ0) is 15.5. The normalized spacial score (nSPS) is 10.6. The van der Waals surface area contributed by atoms with Crippen LogP contribution >= 0.6 is 11.3 Å². The minimum atomic E-state index is 1.02. The summed E-state index contributed by atoms with van der Waals surface area (Å²) in [7, 11) is 0. The molecule has 0 bridgehead atoms. The van der Waals surface area contributed by atoms with E-state index in [2.05, 4.69) is 53.5 Å². The molecule has 4 aromatic rings. The number of hydrogen-bond donors (Lipinski definition) is 0. The van der Waals surface area contributed by atoms with Crippen LogP contribution in [0.4, 0.5) is 0 Å². The summed E-state index contributed by atoms with van der Waals surface area (Å²) in [6, 6.07) is 24.8. The summed E-state index contributed by atoms with van der Waals surface area (Å²) in [5, 5.41) is 1.02. The Morgan fingerprint density at radius 3 is 1.87 bits per heavy atom. The largest absolute Gasteiger partial charge is 0.265 e. The maximum atomic E-state index is 4.92. The van der Waals surface area contributed by atoms with E-state index in [4.69, 9.17) is 4.98 Å². The van der Waals surface area contributed by atoms with E-state index in [0.717, 1.165) is 21.8 Å². The van der Waals surface area contributed by atoms with Gasteiger partial charge < -0.3 is 0 Å². The highest BCUT2D eigenvalue weighted by atomic mass is 32.1. The zero-order valence-corrected chi connectivity index (χ0v) is 13.2. The number of hydrogen-bond acceptors (Lipinski definition) is 3. The van der Waals surface area contributed by atoms with E-state index in [1.54, 1.807) is 23.7 Å². The van der Waals surface area contributed by atoms with Gasteiger partial charge >= 0.3 is 0 Å². The number of thiazole rings is 1. The first-order chi connectivity index (χ1) is 11.4. The van der Waals surface area contributed by atoms with Gasteiger partial charge in [0.15, 0.2) is 0 Å². The van der Waals surface area contributed by atoms with Crippen LogP contribution in [0.15, 0.2) is 85.2 Å². The number of pyridine rings is 1. The van der Waals surface area contributed by atoms with Crippen molar-refractivity contribution in [3.8, 4) is 32.3 Å². The third kappa shape index (κ3) is 2.79. The Bertz CT molecular complexity index is 843. The van der Waals surface area contributed by atoms with E-state index in [-0.39, 0.29) is 0 Å². The van der Waals surface area contributed by atoms with Crippen LogP contribution in [0.3, 0.4) is 0 Å². The van der Waals surface area contributed by atoms with Gasteiger partial charge in [-0.05, 0) is 17.7 Å². The third-order valence-corrected chi connectivity index (χ3v) is 4.79. The lowest BCUT2D eigenvalue weighted by Gasteiger charge is -2.02. The molecule has 0 saturated heterocycles. The first kappa shape index (κ1) is 13.9. The van der Waals surface area contributed by atoms with Gasteiger partial charge in [0.1, 0.15) is 5.01 Å². The molecule has 0 aliphatic rings. The average Bonchev–Trinajstić information content (AvgIpc) is 3.09. The van der Waals surface area contributed by atoms with Gasteiger partial charge in [-0.3, -0.25) is 4.98 Å². The molecule has 0 radical (unpaired) electrons. The van der Waals surface area contributed by atoms with Crippen LogP contribution in [0.25, 0.3) is 32.3 Å².